The molecule has 20 heavy (non-hydrogen) atoms. The lowest BCUT2D eigenvalue weighted by molar-refractivity contribution is 0.108. The Morgan fingerprint density at radius 2 is 2.05 bits per heavy atom. The van der Waals surface area contributed by atoms with Crippen LogP contribution in [-0.4, -0.2) is 15.1 Å². The number of aromatic nitrogens is 2. The zero-order chi connectivity index (χ0) is 13.9. The molecular weight excluding hydrogens is 336 g/mol. The molecule has 1 aliphatic rings. The maximum Gasteiger partial charge on any atom is 0.239 e. The van der Waals surface area contributed by atoms with Gasteiger partial charge in [-0.25, -0.2) is 9.97 Å². The van der Waals surface area contributed by atoms with E-state index in [1.165, 1.54) is 11.8 Å². The fourth-order valence-electron chi connectivity index (χ4n) is 1.85. The normalized spacial score (nSPS) is 14.2. The molecule has 1 aliphatic carbocycles. The van der Waals surface area contributed by atoms with Crippen LogP contribution in [0.25, 0.3) is 0 Å². The highest BCUT2D eigenvalue weighted by Crippen LogP contribution is 2.38. The van der Waals surface area contributed by atoms with Crippen LogP contribution in [-0.2, 0) is 5.75 Å². The van der Waals surface area contributed by atoms with E-state index in [9.17, 15) is 4.79 Å². The van der Waals surface area contributed by atoms with Crippen molar-refractivity contribution < 1.29 is 4.79 Å². The Bertz CT molecular complexity index is 629. The number of halogens is 1. The Kier molecular flexibility index (Phi) is 4.17. The van der Waals surface area contributed by atoms with Crippen molar-refractivity contribution in [2.24, 2.45) is 0 Å². The van der Waals surface area contributed by atoms with Crippen molar-refractivity contribution in [2.45, 2.75) is 24.5 Å². The molecule has 1 saturated carbocycles. The summed E-state index contributed by atoms with van der Waals surface area (Å²) < 4.78 is 0.674. The number of rotatable bonds is 4. The van der Waals surface area contributed by atoms with Crippen LogP contribution in [0.4, 0.5) is 0 Å². The van der Waals surface area contributed by atoms with Crippen LogP contribution >= 0.6 is 27.7 Å². The average molecular weight is 349 g/mol. The second kappa shape index (κ2) is 6.06. The Labute approximate surface area is 130 Å². The number of hydrogen-bond acceptors (Lipinski definition) is 4. The molecule has 0 N–H and O–H groups in total. The second-order valence-corrected chi connectivity index (χ2v) is 6.56. The van der Waals surface area contributed by atoms with Gasteiger partial charge in [0.25, 0.3) is 0 Å². The average Bonchev–Trinajstić information content (AvgIpc) is 3.31. The molecule has 5 heteroatoms. The van der Waals surface area contributed by atoms with E-state index >= 15 is 0 Å². The second-order valence-electron chi connectivity index (χ2n) is 4.76. The third-order valence-corrected chi connectivity index (χ3v) is 4.62. The monoisotopic (exact) mass is 348 g/mol. The first-order chi connectivity index (χ1) is 9.74. The van der Waals surface area contributed by atoms with Crippen LogP contribution in [0.2, 0.25) is 0 Å². The van der Waals surface area contributed by atoms with Crippen molar-refractivity contribution in [1.82, 2.24) is 9.97 Å². The van der Waals surface area contributed by atoms with Crippen molar-refractivity contribution in [3.63, 3.8) is 0 Å². The first-order valence-corrected chi connectivity index (χ1v) is 8.25. The molecule has 0 aliphatic heterocycles. The van der Waals surface area contributed by atoms with Crippen LogP contribution in [0, 0.1) is 0 Å². The van der Waals surface area contributed by atoms with E-state index in [0.717, 1.165) is 24.2 Å². The molecule has 3 nitrogen and oxygen atoms in total. The molecule has 1 heterocycles. The molecule has 0 spiro atoms. The number of carbonyl (C=O) groups excluding carboxylic acids is 1. The lowest BCUT2D eigenvalue weighted by atomic mass is 10.2. The van der Waals surface area contributed by atoms with Gasteiger partial charge in [-0.3, -0.25) is 4.79 Å². The molecule has 2 aromatic rings. The van der Waals surface area contributed by atoms with Crippen LogP contribution in [0.15, 0.2) is 41.0 Å². The van der Waals surface area contributed by atoms with Gasteiger partial charge in [0.05, 0.1) is 4.47 Å². The zero-order valence-electron chi connectivity index (χ0n) is 10.8. The van der Waals surface area contributed by atoms with Crippen molar-refractivity contribution in [2.75, 3.05) is 0 Å². The Morgan fingerprint density at radius 3 is 2.75 bits per heavy atom. The lowest BCUT2D eigenvalue weighted by Crippen LogP contribution is -2.04. The maximum absolute atomic E-state index is 12.3. The molecule has 1 fully saturated rings. The Hall–Kier alpha value is -1.20. The van der Waals surface area contributed by atoms with E-state index in [2.05, 4.69) is 25.9 Å². The van der Waals surface area contributed by atoms with Crippen molar-refractivity contribution in [1.29, 1.82) is 0 Å². The summed E-state index contributed by atoms with van der Waals surface area (Å²) in [5, 5.41) is -0.00923. The first-order valence-electron chi connectivity index (χ1n) is 6.47. The van der Waals surface area contributed by atoms with Gasteiger partial charge in [-0.05, 0) is 34.3 Å². The van der Waals surface area contributed by atoms with Crippen LogP contribution < -0.4 is 0 Å². The molecule has 0 amide bonds. The van der Waals surface area contributed by atoms with Gasteiger partial charge in [0, 0.05) is 17.9 Å². The standard InChI is InChI=1S/C15H13BrN2OS/c16-12-8-17-14(11-6-7-11)18-13(12)15(19)20-9-10-4-2-1-3-5-10/h1-5,8,11H,6-7,9H2. The number of hydrogen-bond donors (Lipinski definition) is 0. The summed E-state index contributed by atoms with van der Waals surface area (Å²) in [4.78, 5) is 21.0. The predicted molar refractivity (Wildman–Crippen MR) is 83.8 cm³/mol. The minimum Gasteiger partial charge on any atom is -0.280 e. The summed E-state index contributed by atoms with van der Waals surface area (Å²) >= 11 is 4.65. The minimum absolute atomic E-state index is 0.00923. The molecule has 1 aromatic carbocycles. The largest absolute Gasteiger partial charge is 0.280 e. The Balaban J connectivity index is 1.71. The highest BCUT2D eigenvalue weighted by atomic mass is 79.9. The van der Waals surface area contributed by atoms with Gasteiger partial charge in [-0.15, -0.1) is 0 Å². The fraction of sp³-hybridized carbons (Fsp3) is 0.267. The van der Waals surface area contributed by atoms with E-state index in [-0.39, 0.29) is 5.12 Å². The van der Waals surface area contributed by atoms with E-state index in [4.69, 9.17) is 0 Å². The zero-order valence-corrected chi connectivity index (χ0v) is 13.2. The predicted octanol–water partition coefficient (Wildman–Crippen LogP) is 4.19. The van der Waals surface area contributed by atoms with E-state index in [1.807, 2.05) is 30.3 Å². The molecule has 0 saturated heterocycles. The maximum atomic E-state index is 12.3. The summed E-state index contributed by atoms with van der Waals surface area (Å²) in [5.74, 6) is 1.92. The van der Waals surface area contributed by atoms with Gasteiger partial charge in [0.2, 0.25) is 5.12 Å². The lowest BCUT2D eigenvalue weighted by Gasteiger charge is -2.05. The van der Waals surface area contributed by atoms with Gasteiger partial charge < -0.3 is 0 Å². The summed E-state index contributed by atoms with van der Waals surface area (Å²) in [6.45, 7) is 0. The topological polar surface area (TPSA) is 42.9 Å². The quantitative estimate of drug-likeness (QED) is 0.830. The number of carbonyl (C=O) groups is 1. The third-order valence-electron chi connectivity index (χ3n) is 3.11. The third kappa shape index (κ3) is 3.27. The molecule has 0 atom stereocenters. The smallest absolute Gasteiger partial charge is 0.239 e. The highest BCUT2D eigenvalue weighted by molar-refractivity contribution is 9.10. The van der Waals surface area contributed by atoms with Gasteiger partial charge in [0.1, 0.15) is 11.5 Å². The van der Waals surface area contributed by atoms with E-state index in [1.54, 1.807) is 6.20 Å². The Morgan fingerprint density at radius 1 is 1.30 bits per heavy atom. The highest BCUT2D eigenvalue weighted by Gasteiger charge is 2.28. The van der Waals surface area contributed by atoms with Gasteiger partial charge in [-0.1, -0.05) is 42.1 Å². The molecule has 102 valence electrons. The van der Waals surface area contributed by atoms with Gasteiger partial charge in [0.15, 0.2) is 0 Å². The minimum atomic E-state index is -0.00923. The van der Waals surface area contributed by atoms with Gasteiger partial charge in [-0.2, -0.15) is 0 Å². The van der Waals surface area contributed by atoms with Crippen LogP contribution in [0.5, 0.6) is 0 Å². The summed E-state index contributed by atoms with van der Waals surface area (Å²) in [6, 6.07) is 9.97. The molecule has 3 rings (SSSR count). The van der Waals surface area contributed by atoms with Crippen molar-refractivity contribution in [3.05, 3.63) is 58.1 Å². The van der Waals surface area contributed by atoms with E-state index in [0.29, 0.717) is 21.8 Å². The molecule has 0 unspecified atom stereocenters. The number of nitrogens with zero attached hydrogens (tertiary/aromatic N) is 2. The fourth-order valence-corrected chi connectivity index (χ4v) is 3.14. The molecule has 1 aromatic heterocycles. The summed E-state index contributed by atoms with van der Waals surface area (Å²) in [6.07, 6.45) is 3.95. The van der Waals surface area contributed by atoms with Crippen molar-refractivity contribution in [3.8, 4) is 0 Å². The van der Waals surface area contributed by atoms with E-state index < -0.39 is 0 Å². The summed E-state index contributed by atoms with van der Waals surface area (Å²) in [7, 11) is 0. The van der Waals surface area contributed by atoms with Gasteiger partial charge >= 0.3 is 0 Å². The van der Waals surface area contributed by atoms with Crippen LogP contribution in [0.3, 0.4) is 0 Å². The SMILES string of the molecule is O=C(SCc1ccccc1)c1nc(C2CC2)ncc1Br. The number of benzene rings is 1. The van der Waals surface area contributed by atoms with Crippen LogP contribution in [0.1, 0.15) is 40.6 Å². The summed E-state index contributed by atoms with van der Waals surface area (Å²) in [5.41, 5.74) is 1.63. The molecule has 0 radical (unpaired) electrons. The molecule has 0 bridgehead atoms. The molecular formula is C15H13BrN2OS. The number of thioether (sulfide) groups is 1. The van der Waals surface area contributed by atoms with Crippen molar-refractivity contribution >= 4 is 32.8 Å². The first kappa shape index (κ1) is 13.8.